The van der Waals surface area contributed by atoms with Crippen molar-refractivity contribution < 1.29 is 9.53 Å². The zero-order valence-electron chi connectivity index (χ0n) is 15.5. The van der Waals surface area contributed by atoms with Gasteiger partial charge in [-0.3, -0.25) is 9.69 Å². The minimum absolute atomic E-state index is 0.0295. The van der Waals surface area contributed by atoms with Crippen LogP contribution in [0.25, 0.3) is 0 Å². The van der Waals surface area contributed by atoms with Crippen molar-refractivity contribution in [2.45, 2.75) is 20.4 Å². The summed E-state index contributed by atoms with van der Waals surface area (Å²) in [4.78, 5) is 16.5. The maximum atomic E-state index is 12.7. The lowest BCUT2D eigenvalue weighted by atomic mass is 10.0. The molecule has 0 unspecified atom stereocenters. The molecule has 0 atom stereocenters. The Morgan fingerprint density at radius 1 is 1.15 bits per heavy atom. The SMILES string of the molecule is COc1cc(C)c(CN2CCN(c3ccccc3C#N)C(=O)C2)cc1C. The second-order valence-electron chi connectivity index (χ2n) is 6.63. The second-order valence-corrected chi connectivity index (χ2v) is 6.63. The van der Waals surface area contributed by atoms with Gasteiger partial charge in [-0.2, -0.15) is 5.26 Å². The summed E-state index contributed by atoms with van der Waals surface area (Å²) in [6.45, 7) is 6.55. The molecule has 1 amide bonds. The van der Waals surface area contributed by atoms with Crippen LogP contribution >= 0.6 is 0 Å². The molecule has 0 saturated carbocycles. The first kappa shape index (κ1) is 18.0. The third-order valence-corrected chi connectivity index (χ3v) is 4.86. The van der Waals surface area contributed by atoms with Crippen LogP contribution in [0, 0.1) is 25.2 Å². The van der Waals surface area contributed by atoms with E-state index in [0.717, 1.165) is 30.0 Å². The lowest BCUT2D eigenvalue weighted by Gasteiger charge is -2.35. The van der Waals surface area contributed by atoms with Gasteiger partial charge in [-0.25, -0.2) is 0 Å². The second kappa shape index (κ2) is 7.59. The number of hydrogen-bond acceptors (Lipinski definition) is 4. The van der Waals surface area contributed by atoms with E-state index in [4.69, 9.17) is 4.74 Å². The number of carbonyl (C=O) groups excluding carboxylic acids is 1. The Morgan fingerprint density at radius 3 is 2.62 bits per heavy atom. The minimum Gasteiger partial charge on any atom is -0.496 e. The maximum Gasteiger partial charge on any atom is 0.241 e. The van der Waals surface area contributed by atoms with Gasteiger partial charge in [-0.05, 0) is 48.7 Å². The highest BCUT2D eigenvalue weighted by Gasteiger charge is 2.26. The molecular weight excluding hydrogens is 326 g/mol. The van der Waals surface area contributed by atoms with Crippen molar-refractivity contribution in [3.8, 4) is 11.8 Å². The van der Waals surface area contributed by atoms with Crippen molar-refractivity contribution in [1.82, 2.24) is 4.90 Å². The third kappa shape index (κ3) is 3.56. The highest BCUT2D eigenvalue weighted by Crippen LogP contribution is 2.25. The van der Waals surface area contributed by atoms with Crippen LogP contribution in [-0.4, -0.2) is 37.6 Å². The topological polar surface area (TPSA) is 56.6 Å². The molecule has 1 heterocycles. The van der Waals surface area contributed by atoms with Gasteiger partial charge in [0.05, 0.1) is 24.9 Å². The number of amides is 1. The molecule has 26 heavy (non-hydrogen) atoms. The van der Waals surface area contributed by atoms with E-state index in [-0.39, 0.29) is 5.91 Å². The lowest BCUT2D eigenvalue weighted by Crippen LogP contribution is -2.50. The van der Waals surface area contributed by atoms with Crippen LogP contribution in [0.3, 0.4) is 0 Å². The number of rotatable bonds is 4. The number of methoxy groups -OCH3 is 1. The van der Waals surface area contributed by atoms with Gasteiger partial charge in [-0.1, -0.05) is 18.2 Å². The molecule has 0 N–H and O–H groups in total. The van der Waals surface area contributed by atoms with Crippen LogP contribution in [0.5, 0.6) is 5.75 Å². The largest absolute Gasteiger partial charge is 0.496 e. The highest BCUT2D eigenvalue weighted by atomic mass is 16.5. The zero-order valence-corrected chi connectivity index (χ0v) is 15.5. The van der Waals surface area contributed by atoms with E-state index in [9.17, 15) is 10.1 Å². The Labute approximate surface area is 154 Å². The molecule has 0 aliphatic carbocycles. The van der Waals surface area contributed by atoms with Crippen molar-refractivity contribution in [2.24, 2.45) is 0 Å². The Morgan fingerprint density at radius 2 is 1.92 bits per heavy atom. The molecule has 0 spiro atoms. The monoisotopic (exact) mass is 349 g/mol. The van der Waals surface area contributed by atoms with Crippen LogP contribution in [-0.2, 0) is 11.3 Å². The van der Waals surface area contributed by atoms with Crippen molar-refractivity contribution in [2.75, 3.05) is 31.6 Å². The summed E-state index contributed by atoms with van der Waals surface area (Å²) in [5.41, 5.74) is 4.71. The number of ether oxygens (including phenoxy) is 1. The quantitative estimate of drug-likeness (QED) is 0.851. The standard InChI is InChI=1S/C21H23N3O2/c1-15-11-20(26-3)16(2)10-18(15)13-23-8-9-24(21(25)14-23)19-7-5-4-6-17(19)12-22/h4-7,10-11H,8-9,13-14H2,1-3H3. The number of nitrogens with zero attached hydrogens (tertiary/aromatic N) is 3. The molecular formula is C21H23N3O2. The fourth-order valence-corrected chi connectivity index (χ4v) is 3.40. The first-order valence-corrected chi connectivity index (χ1v) is 8.69. The van der Waals surface area contributed by atoms with Gasteiger partial charge in [0.15, 0.2) is 0 Å². The first-order chi connectivity index (χ1) is 12.5. The van der Waals surface area contributed by atoms with E-state index in [0.29, 0.717) is 24.3 Å². The lowest BCUT2D eigenvalue weighted by molar-refractivity contribution is -0.121. The van der Waals surface area contributed by atoms with Crippen LogP contribution in [0.15, 0.2) is 36.4 Å². The van der Waals surface area contributed by atoms with Gasteiger partial charge in [-0.15, -0.1) is 0 Å². The van der Waals surface area contributed by atoms with Crippen LogP contribution in [0.2, 0.25) is 0 Å². The van der Waals surface area contributed by atoms with Crippen molar-refractivity contribution >= 4 is 11.6 Å². The molecule has 0 radical (unpaired) electrons. The first-order valence-electron chi connectivity index (χ1n) is 8.69. The number of para-hydroxylation sites is 1. The van der Waals surface area contributed by atoms with Crippen molar-refractivity contribution in [3.63, 3.8) is 0 Å². The van der Waals surface area contributed by atoms with Crippen LogP contribution < -0.4 is 9.64 Å². The number of nitriles is 1. The van der Waals surface area contributed by atoms with E-state index in [1.54, 1.807) is 18.1 Å². The van der Waals surface area contributed by atoms with Crippen LogP contribution in [0.4, 0.5) is 5.69 Å². The summed E-state index contributed by atoms with van der Waals surface area (Å²) < 4.78 is 5.37. The molecule has 1 fully saturated rings. The number of piperazine rings is 1. The summed E-state index contributed by atoms with van der Waals surface area (Å²) in [6.07, 6.45) is 0. The molecule has 2 aromatic rings. The molecule has 0 bridgehead atoms. The van der Waals surface area contributed by atoms with Gasteiger partial charge in [0.2, 0.25) is 5.91 Å². The minimum atomic E-state index is 0.0295. The van der Waals surface area contributed by atoms with Gasteiger partial charge in [0.25, 0.3) is 0 Å². The molecule has 0 aromatic heterocycles. The molecule has 3 rings (SSSR count). The molecule has 5 nitrogen and oxygen atoms in total. The Hall–Kier alpha value is -2.84. The molecule has 1 aliphatic rings. The average Bonchev–Trinajstić information content (AvgIpc) is 2.64. The van der Waals surface area contributed by atoms with Gasteiger partial charge in [0.1, 0.15) is 11.8 Å². The highest BCUT2D eigenvalue weighted by molar-refractivity contribution is 5.96. The number of anilines is 1. The van der Waals surface area contributed by atoms with Gasteiger partial charge in [0, 0.05) is 19.6 Å². The summed E-state index contributed by atoms with van der Waals surface area (Å²) in [5.74, 6) is 0.919. The van der Waals surface area contributed by atoms with Crippen molar-refractivity contribution in [3.05, 3.63) is 58.7 Å². The Bertz CT molecular complexity index is 870. The molecule has 1 saturated heterocycles. The fraction of sp³-hybridized carbons (Fsp3) is 0.333. The van der Waals surface area contributed by atoms with E-state index < -0.39 is 0 Å². The normalized spacial score (nSPS) is 15.0. The van der Waals surface area contributed by atoms with Gasteiger partial charge >= 0.3 is 0 Å². The van der Waals surface area contributed by atoms with Gasteiger partial charge < -0.3 is 9.64 Å². The fourth-order valence-electron chi connectivity index (χ4n) is 3.40. The summed E-state index contributed by atoms with van der Waals surface area (Å²) in [7, 11) is 1.68. The van der Waals surface area contributed by atoms with Crippen LogP contribution in [0.1, 0.15) is 22.3 Å². The zero-order chi connectivity index (χ0) is 18.7. The smallest absolute Gasteiger partial charge is 0.241 e. The number of benzene rings is 2. The van der Waals surface area contributed by atoms with E-state index in [1.165, 1.54) is 5.56 Å². The van der Waals surface area contributed by atoms with Crippen molar-refractivity contribution in [1.29, 1.82) is 5.26 Å². The summed E-state index contributed by atoms with van der Waals surface area (Å²) in [6, 6.07) is 13.6. The Kier molecular flexibility index (Phi) is 5.24. The molecule has 134 valence electrons. The van der Waals surface area contributed by atoms with E-state index >= 15 is 0 Å². The summed E-state index contributed by atoms with van der Waals surface area (Å²) in [5, 5.41) is 9.27. The van der Waals surface area contributed by atoms with E-state index in [1.807, 2.05) is 31.2 Å². The molecule has 2 aromatic carbocycles. The average molecular weight is 349 g/mol. The number of carbonyl (C=O) groups is 1. The Balaban J connectivity index is 1.73. The molecule has 1 aliphatic heterocycles. The predicted octanol–water partition coefficient (Wildman–Crippen LogP) is 3.03. The summed E-state index contributed by atoms with van der Waals surface area (Å²) >= 11 is 0. The predicted molar refractivity (Wildman–Crippen MR) is 101 cm³/mol. The molecule has 5 heteroatoms. The number of aryl methyl sites for hydroxylation is 2. The number of hydrogen-bond donors (Lipinski definition) is 0. The van der Waals surface area contributed by atoms with E-state index in [2.05, 4.69) is 24.0 Å². The third-order valence-electron chi connectivity index (χ3n) is 4.86. The maximum absolute atomic E-state index is 12.7.